The molecular weight excluding hydrogens is 297 g/mol. The first-order chi connectivity index (χ1) is 10.3. The molecule has 1 saturated heterocycles. The second-order valence-corrected chi connectivity index (χ2v) is 5.42. The SMILES string of the molecule is Cc1cccc(NC(=O)C2CCN(C(=O)C(F)(F)F)CC2)c1. The fourth-order valence-corrected chi connectivity index (χ4v) is 2.49. The number of carbonyl (C=O) groups excluding carboxylic acids is 2. The number of aryl methyl sites for hydroxylation is 1. The van der Waals surface area contributed by atoms with E-state index in [0.29, 0.717) is 5.69 Å². The smallest absolute Gasteiger partial charge is 0.335 e. The molecule has 1 N–H and O–H groups in total. The topological polar surface area (TPSA) is 49.4 Å². The molecule has 1 aliphatic rings. The number of halogens is 3. The van der Waals surface area contributed by atoms with Crippen molar-refractivity contribution >= 4 is 17.5 Å². The zero-order valence-electron chi connectivity index (χ0n) is 12.1. The maximum Gasteiger partial charge on any atom is 0.471 e. The molecule has 0 bridgehead atoms. The number of hydrogen-bond donors (Lipinski definition) is 1. The number of nitrogens with zero attached hydrogens (tertiary/aromatic N) is 1. The molecule has 2 rings (SSSR count). The Balaban J connectivity index is 1.89. The lowest BCUT2D eigenvalue weighted by Crippen LogP contribution is -2.46. The molecule has 0 spiro atoms. The Bertz CT molecular complexity index is 564. The van der Waals surface area contributed by atoms with Gasteiger partial charge in [-0.05, 0) is 37.5 Å². The van der Waals surface area contributed by atoms with Crippen LogP contribution in [0, 0.1) is 12.8 Å². The van der Waals surface area contributed by atoms with Gasteiger partial charge in [0.15, 0.2) is 0 Å². The minimum absolute atomic E-state index is 0.0513. The van der Waals surface area contributed by atoms with Crippen molar-refractivity contribution in [2.24, 2.45) is 5.92 Å². The lowest BCUT2D eigenvalue weighted by atomic mass is 9.95. The summed E-state index contributed by atoms with van der Waals surface area (Å²) in [4.78, 5) is 24.0. The zero-order valence-corrected chi connectivity index (χ0v) is 12.1. The summed E-state index contributed by atoms with van der Waals surface area (Å²) in [6.45, 7) is 1.80. The number of amides is 2. The van der Waals surface area contributed by atoms with Crippen molar-refractivity contribution in [3.05, 3.63) is 29.8 Å². The van der Waals surface area contributed by atoms with Crippen LogP contribution in [0.4, 0.5) is 18.9 Å². The molecule has 1 aromatic rings. The van der Waals surface area contributed by atoms with E-state index in [2.05, 4.69) is 5.32 Å². The normalized spacial score (nSPS) is 16.5. The largest absolute Gasteiger partial charge is 0.471 e. The van der Waals surface area contributed by atoms with Crippen molar-refractivity contribution in [1.29, 1.82) is 0 Å². The Hall–Kier alpha value is -2.05. The van der Waals surface area contributed by atoms with Gasteiger partial charge in [-0.2, -0.15) is 13.2 Å². The third-order valence-electron chi connectivity index (χ3n) is 3.68. The second-order valence-electron chi connectivity index (χ2n) is 5.42. The minimum Gasteiger partial charge on any atom is -0.335 e. The first kappa shape index (κ1) is 16.3. The van der Waals surface area contributed by atoms with Crippen molar-refractivity contribution < 1.29 is 22.8 Å². The third kappa shape index (κ3) is 3.99. The van der Waals surface area contributed by atoms with Gasteiger partial charge in [-0.15, -0.1) is 0 Å². The van der Waals surface area contributed by atoms with Gasteiger partial charge in [0.25, 0.3) is 0 Å². The van der Waals surface area contributed by atoms with Gasteiger partial charge in [-0.3, -0.25) is 9.59 Å². The van der Waals surface area contributed by atoms with Crippen LogP contribution in [0.3, 0.4) is 0 Å². The molecule has 1 aliphatic heterocycles. The Morgan fingerprint density at radius 3 is 2.41 bits per heavy atom. The van der Waals surface area contributed by atoms with Crippen LogP contribution in [-0.4, -0.2) is 36.0 Å². The molecule has 120 valence electrons. The van der Waals surface area contributed by atoms with E-state index < -0.39 is 12.1 Å². The molecule has 0 atom stereocenters. The molecule has 4 nitrogen and oxygen atoms in total. The van der Waals surface area contributed by atoms with E-state index in [0.717, 1.165) is 10.5 Å². The van der Waals surface area contributed by atoms with Crippen molar-refractivity contribution in [3.63, 3.8) is 0 Å². The van der Waals surface area contributed by atoms with Gasteiger partial charge >= 0.3 is 12.1 Å². The number of piperidine rings is 1. The molecule has 2 amide bonds. The van der Waals surface area contributed by atoms with E-state index >= 15 is 0 Å². The highest BCUT2D eigenvalue weighted by molar-refractivity contribution is 5.93. The summed E-state index contributed by atoms with van der Waals surface area (Å²) in [5.74, 6) is -2.42. The summed E-state index contributed by atoms with van der Waals surface area (Å²) in [5.41, 5.74) is 1.67. The van der Waals surface area contributed by atoms with Crippen LogP contribution in [0.5, 0.6) is 0 Å². The number of hydrogen-bond acceptors (Lipinski definition) is 2. The second kappa shape index (κ2) is 6.37. The maximum absolute atomic E-state index is 12.3. The predicted octanol–water partition coefficient (Wildman–Crippen LogP) is 2.73. The highest BCUT2D eigenvalue weighted by Crippen LogP contribution is 2.24. The lowest BCUT2D eigenvalue weighted by molar-refractivity contribution is -0.186. The van der Waals surface area contributed by atoms with E-state index in [1.165, 1.54) is 0 Å². The summed E-state index contributed by atoms with van der Waals surface area (Å²) >= 11 is 0. The third-order valence-corrected chi connectivity index (χ3v) is 3.68. The summed E-state index contributed by atoms with van der Waals surface area (Å²) in [7, 11) is 0. The molecule has 0 aliphatic carbocycles. The molecule has 1 heterocycles. The van der Waals surface area contributed by atoms with Crippen molar-refractivity contribution in [2.45, 2.75) is 25.9 Å². The van der Waals surface area contributed by atoms with Crippen LogP contribution in [0.1, 0.15) is 18.4 Å². The fourth-order valence-electron chi connectivity index (χ4n) is 2.49. The highest BCUT2D eigenvalue weighted by Gasteiger charge is 2.43. The number of alkyl halides is 3. The monoisotopic (exact) mass is 314 g/mol. The molecule has 0 radical (unpaired) electrons. The minimum atomic E-state index is -4.85. The summed E-state index contributed by atoms with van der Waals surface area (Å²) in [5, 5.41) is 2.76. The van der Waals surface area contributed by atoms with Gasteiger partial charge in [0.1, 0.15) is 0 Å². The molecule has 0 saturated carbocycles. The van der Waals surface area contributed by atoms with Crippen molar-refractivity contribution in [3.8, 4) is 0 Å². The van der Waals surface area contributed by atoms with Gasteiger partial charge in [0.05, 0.1) is 0 Å². The number of rotatable bonds is 2. The first-order valence-electron chi connectivity index (χ1n) is 7.01. The van der Waals surface area contributed by atoms with Crippen LogP contribution in [0.15, 0.2) is 24.3 Å². The average Bonchev–Trinajstić information content (AvgIpc) is 2.45. The van der Waals surface area contributed by atoms with E-state index in [-0.39, 0.29) is 37.8 Å². The summed E-state index contributed by atoms with van der Waals surface area (Å²) < 4.78 is 37.0. The van der Waals surface area contributed by atoms with Crippen LogP contribution >= 0.6 is 0 Å². The van der Waals surface area contributed by atoms with Gasteiger partial charge in [0.2, 0.25) is 5.91 Å². The van der Waals surface area contributed by atoms with Crippen molar-refractivity contribution in [1.82, 2.24) is 4.90 Å². The summed E-state index contributed by atoms with van der Waals surface area (Å²) in [6.07, 6.45) is -4.38. The Kier molecular flexibility index (Phi) is 4.73. The number of carbonyl (C=O) groups is 2. The Morgan fingerprint density at radius 2 is 1.86 bits per heavy atom. The molecule has 22 heavy (non-hydrogen) atoms. The molecule has 0 aromatic heterocycles. The maximum atomic E-state index is 12.3. The first-order valence-corrected chi connectivity index (χ1v) is 7.01. The standard InChI is InChI=1S/C15H17F3N2O2/c1-10-3-2-4-12(9-10)19-13(21)11-5-7-20(8-6-11)14(22)15(16,17)18/h2-4,9,11H,5-8H2,1H3,(H,19,21). The zero-order chi connectivity index (χ0) is 16.3. The van der Waals surface area contributed by atoms with E-state index in [4.69, 9.17) is 0 Å². The number of benzene rings is 1. The van der Waals surface area contributed by atoms with Gasteiger partial charge in [-0.1, -0.05) is 12.1 Å². The van der Waals surface area contributed by atoms with Gasteiger partial charge in [-0.25, -0.2) is 0 Å². The predicted molar refractivity (Wildman–Crippen MR) is 75.2 cm³/mol. The van der Waals surface area contributed by atoms with Crippen LogP contribution in [0.2, 0.25) is 0 Å². The molecule has 7 heteroatoms. The van der Waals surface area contributed by atoms with Crippen molar-refractivity contribution in [2.75, 3.05) is 18.4 Å². The van der Waals surface area contributed by atoms with E-state index in [1.807, 2.05) is 25.1 Å². The molecular formula is C15H17F3N2O2. The number of nitrogens with one attached hydrogen (secondary N) is 1. The van der Waals surface area contributed by atoms with E-state index in [9.17, 15) is 22.8 Å². The molecule has 1 aromatic carbocycles. The number of likely N-dealkylation sites (tertiary alicyclic amines) is 1. The lowest BCUT2D eigenvalue weighted by Gasteiger charge is -2.31. The Morgan fingerprint density at radius 1 is 1.23 bits per heavy atom. The molecule has 1 fully saturated rings. The quantitative estimate of drug-likeness (QED) is 0.912. The van der Waals surface area contributed by atoms with Crippen LogP contribution in [-0.2, 0) is 9.59 Å². The van der Waals surface area contributed by atoms with Gasteiger partial charge < -0.3 is 10.2 Å². The van der Waals surface area contributed by atoms with Gasteiger partial charge in [0, 0.05) is 24.7 Å². The fraction of sp³-hybridized carbons (Fsp3) is 0.467. The van der Waals surface area contributed by atoms with Crippen LogP contribution < -0.4 is 5.32 Å². The average molecular weight is 314 g/mol. The molecule has 0 unspecified atom stereocenters. The highest BCUT2D eigenvalue weighted by atomic mass is 19.4. The Labute approximate surface area is 126 Å². The van der Waals surface area contributed by atoms with E-state index in [1.54, 1.807) is 6.07 Å². The summed E-state index contributed by atoms with van der Waals surface area (Å²) in [6, 6.07) is 7.29. The number of anilines is 1. The van der Waals surface area contributed by atoms with Crippen LogP contribution in [0.25, 0.3) is 0 Å².